The summed E-state index contributed by atoms with van der Waals surface area (Å²) >= 11 is 1.73. The van der Waals surface area contributed by atoms with E-state index in [2.05, 4.69) is 18.8 Å². The van der Waals surface area contributed by atoms with Crippen molar-refractivity contribution in [2.24, 2.45) is 5.73 Å². The largest absolute Gasteiger partial charge is 0.330 e. The van der Waals surface area contributed by atoms with Gasteiger partial charge in [0.1, 0.15) is 5.01 Å². The van der Waals surface area contributed by atoms with Crippen molar-refractivity contribution in [1.29, 1.82) is 0 Å². The molecule has 0 aliphatic carbocycles. The van der Waals surface area contributed by atoms with E-state index in [1.807, 2.05) is 18.3 Å². The molecule has 0 amide bonds. The van der Waals surface area contributed by atoms with E-state index in [0.29, 0.717) is 12.5 Å². The Labute approximate surface area is 106 Å². The summed E-state index contributed by atoms with van der Waals surface area (Å²) in [6.07, 6.45) is 4.54. The van der Waals surface area contributed by atoms with Gasteiger partial charge >= 0.3 is 0 Å². The van der Waals surface area contributed by atoms with Crippen molar-refractivity contribution in [3.63, 3.8) is 0 Å². The van der Waals surface area contributed by atoms with Crippen molar-refractivity contribution in [2.45, 2.75) is 26.2 Å². The van der Waals surface area contributed by atoms with Crippen molar-refractivity contribution in [2.75, 3.05) is 6.54 Å². The summed E-state index contributed by atoms with van der Waals surface area (Å²) in [4.78, 5) is 10.2. The highest BCUT2D eigenvalue weighted by molar-refractivity contribution is 7.15. The van der Waals surface area contributed by atoms with E-state index < -0.39 is 0 Å². The predicted octanol–water partition coefficient (Wildman–Crippen LogP) is 2.83. The summed E-state index contributed by atoms with van der Waals surface area (Å²) in [5.41, 5.74) is 7.91. The standard InChI is InChI=1S/C13H17N3S/c1-9(2)12-11(5-6-14)17-13(16-12)10-4-3-7-15-8-10/h3-4,7-9H,5-6,14H2,1-2H3. The third kappa shape index (κ3) is 2.70. The third-order valence-corrected chi connectivity index (χ3v) is 3.73. The Kier molecular flexibility index (Phi) is 3.86. The molecule has 2 heterocycles. The van der Waals surface area contributed by atoms with Crippen LogP contribution in [0.3, 0.4) is 0 Å². The van der Waals surface area contributed by atoms with Gasteiger partial charge in [-0.1, -0.05) is 13.8 Å². The van der Waals surface area contributed by atoms with Crippen LogP contribution in [-0.4, -0.2) is 16.5 Å². The van der Waals surface area contributed by atoms with Crippen molar-refractivity contribution >= 4 is 11.3 Å². The lowest BCUT2D eigenvalue weighted by Gasteiger charge is -2.02. The average Bonchev–Trinajstić information content (AvgIpc) is 2.75. The number of nitrogens with two attached hydrogens (primary N) is 1. The van der Waals surface area contributed by atoms with Crippen LogP contribution in [0.2, 0.25) is 0 Å². The van der Waals surface area contributed by atoms with Gasteiger partial charge in [0, 0.05) is 22.8 Å². The van der Waals surface area contributed by atoms with E-state index in [9.17, 15) is 0 Å². The third-order valence-electron chi connectivity index (χ3n) is 2.55. The maximum absolute atomic E-state index is 5.64. The molecule has 0 atom stereocenters. The molecule has 90 valence electrons. The van der Waals surface area contributed by atoms with E-state index in [-0.39, 0.29) is 0 Å². The molecule has 2 aromatic heterocycles. The van der Waals surface area contributed by atoms with Crippen LogP contribution in [0.5, 0.6) is 0 Å². The van der Waals surface area contributed by atoms with Crippen molar-refractivity contribution < 1.29 is 0 Å². The molecule has 0 aliphatic rings. The van der Waals surface area contributed by atoms with Gasteiger partial charge < -0.3 is 5.73 Å². The topological polar surface area (TPSA) is 51.8 Å². The molecule has 2 N–H and O–H groups in total. The number of pyridine rings is 1. The molecule has 2 rings (SSSR count). The normalized spacial score (nSPS) is 11.1. The SMILES string of the molecule is CC(C)c1nc(-c2cccnc2)sc1CCN. The summed E-state index contributed by atoms with van der Waals surface area (Å²) in [6.45, 7) is 5.01. The van der Waals surface area contributed by atoms with E-state index in [4.69, 9.17) is 10.7 Å². The van der Waals surface area contributed by atoms with Gasteiger partial charge in [0.2, 0.25) is 0 Å². The maximum Gasteiger partial charge on any atom is 0.125 e. The first-order valence-corrected chi connectivity index (χ1v) is 6.64. The second-order valence-electron chi connectivity index (χ2n) is 4.26. The van der Waals surface area contributed by atoms with Crippen LogP contribution in [0.15, 0.2) is 24.5 Å². The first kappa shape index (κ1) is 12.2. The summed E-state index contributed by atoms with van der Waals surface area (Å²) in [7, 11) is 0. The van der Waals surface area contributed by atoms with Crippen LogP contribution in [0.4, 0.5) is 0 Å². The minimum atomic E-state index is 0.443. The van der Waals surface area contributed by atoms with Gasteiger partial charge in [-0.3, -0.25) is 4.98 Å². The van der Waals surface area contributed by atoms with Crippen LogP contribution in [0.25, 0.3) is 10.6 Å². The Morgan fingerprint density at radius 1 is 1.41 bits per heavy atom. The monoisotopic (exact) mass is 247 g/mol. The Morgan fingerprint density at radius 2 is 2.24 bits per heavy atom. The van der Waals surface area contributed by atoms with Crippen LogP contribution >= 0.6 is 11.3 Å². The Morgan fingerprint density at radius 3 is 2.82 bits per heavy atom. The summed E-state index contributed by atoms with van der Waals surface area (Å²) in [6, 6.07) is 3.98. The lowest BCUT2D eigenvalue weighted by molar-refractivity contribution is 0.809. The Bertz CT molecular complexity index is 477. The second-order valence-corrected chi connectivity index (χ2v) is 5.35. The molecule has 4 heteroatoms. The first-order chi connectivity index (χ1) is 8.22. The van der Waals surface area contributed by atoms with E-state index >= 15 is 0 Å². The van der Waals surface area contributed by atoms with Crippen LogP contribution in [0.1, 0.15) is 30.3 Å². The van der Waals surface area contributed by atoms with Gasteiger partial charge in [0.05, 0.1) is 5.69 Å². The van der Waals surface area contributed by atoms with Crippen LogP contribution in [-0.2, 0) is 6.42 Å². The van der Waals surface area contributed by atoms with Gasteiger partial charge in [0.25, 0.3) is 0 Å². The fourth-order valence-electron chi connectivity index (χ4n) is 1.74. The van der Waals surface area contributed by atoms with Crippen molar-refractivity contribution in [3.05, 3.63) is 35.1 Å². The van der Waals surface area contributed by atoms with Crippen molar-refractivity contribution in [3.8, 4) is 10.6 Å². The zero-order valence-electron chi connectivity index (χ0n) is 10.2. The first-order valence-electron chi connectivity index (χ1n) is 5.82. The van der Waals surface area contributed by atoms with Crippen molar-refractivity contribution in [1.82, 2.24) is 9.97 Å². The maximum atomic E-state index is 5.64. The van der Waals surface area contributed by atoms with Crippen LogP contribution < -0.4 is 5.73 Å². The molecule has 0 aromatic carbocycles. The lowest BCUT2D eigenvalue weighted by Crippen LogP contribution is -2.04. The second kappa shape index (κ2) is 5.38. The number of rotatable bonds is 4. The molecule has 2 aromatic rings. The van der Waals surface area contributed by atoms with Gasteiger partial charge in [0.15, 0.2) is 0 Å². The van der Waals surface area contributed by atoms with Crippen LogP contribution in [0, 0.1) is 0 Å². The number of hydrogen-bond donors (Lipinski definition) is 1. The smallest absolute Gasteiger partial charge is 0.125 e. The molecule has 0 saturated carbocycles. The molecule has 0 spiro atoms. The predicted molar refractivity (Wildman–Crippen MR) is 72.2 cm³/mol. The molecule has 0 bridgehead atoms. The fraction of sp³-hybridized carbons (Fsp3) is 0.385. The molecule has 3 nitrogen and oxygen atoms in total. The van der Waals surface area contributed by atoms with Gasteiger partial charge in [-0.25, -0.2) is 4.98 Å². The molecule has 0 aliphatic heterocycles. The quantitative estimate of drug-likeness (QED) is 0.904. The minimum absolute atomic E-state index is 0.443. The highest BCUT2D eigenvalue weighted by Gasteiger charge is 2.14. The van der Waals surface area contributed by atoms with E-state index in [0.717, 1.165) is 17.0 Å². The fourth-order valence-corrected chi connectivity index (χ4v) is 2.96. The van der Waals surface area contributed by atoms with Gasteiger partial charge in [-0.05, 0) is 31.0 Å². The molecule has 0 radical (unpaired) electrons. The zero-order chi connectivity index (χ0) is 12.3. The highest BCUT2D eigenvalue weighted by atomic mass is 32.1. The number of thiazole rings is 1. The Balaban J connectivity index is 2.40. The minimum Gasteiger partial charge on any atom is -0.330 e. The molecule has 0 fully saturated rings. The lowest BCUT2D eigenvalue weighted by atomic mass is 10.1. The summed E-state index contributed by atoms with van der Waals surface area (Å²) in [5, 5.41) is 1.05. The molecular weight excluding hydrogens is 230 g/mol. The highest BCUT2D eigenvalue weighted by Crippen LogP contribution is 2.31. The van der Waals surface area contributed by atoms with E-state index in [1.54, 1.807) is 17.5 Å². The van der Waals surface area contributed by atoms with Gasteiger partial charge in [-0.2, -0.15) is 0 Å². The average molecular weight is 247 g/mol. The molecule has 17 heavy (non-hydrogen) atoms. The van der Waals surface area contributed by atoms with Gasteiger partial charge in [-0.15, -0.1) is 11.3 Å². The Hall–Kier alpha value is -1.26. The summed E-state index contributed by atoms with van der Waals surface area (Å²) in [5.74, 6) is 0.443. The molecule has 0 unspecified atom stereocenters. The number of hydrogen-bond acceptors (Lipinski definition) is 4. The number of nitrogens with zero attached hydrogens (tertiary/aromatic N) is 2. The number of aromatic nitrogens is 2. The zero-order valence-corrected chi connectivity index (χ0v) is 11.0. The molecular formula is C13H17N3S. The summed E-state index contributed by atoms with van der Waals surface area (Å²) < 4.78 is 0. The molecule has 0 saturated heterocycles. The van der Waals surface area contributed by atoms with E-state index in [1.165, 1.54) is 10.6 Å².